The van der Waals surface area contributed by atoms with Gasteiger partial charge in [0, 0.05) is 18.8 Å². The predicted molar refractivity (Wildman–Crippen MR) is 92.2 cm³/mol. The van der Waals surface area contributed by atoms with Crippen LogP contribution in [0.5, 0.6) is 0 Å². The molecular weight excluding hydrogens is 292 g/mol. The standard InChI is InChI=1S/C18H28N2O3/c1-5-20(6-2)18(23)11-14-7-9-15(10-8-14)19-17(22)12-16(21)13(3)4/h7-10,13,16,21H,5-6,11-12H2,1-4H3,(H,19,22). The molecule has 2 N–H and O–H groups in total. The molecule has 0 bridgehead atoms. The smallest absolute Gasteiger partial charge is 0.226 e. The maximum atomic E-state index is 12.1. The number of amides is 2. The first-order valence-electron chi connectivity index (χ1n) is 8.22. The molecule has 0 aliphatic rings. The Bertz CT molecular complexity index is 508. The molecule has 0 aliphatic heterocycles. The highest BCUT2D eigenvalue weighted by Gasteiger charge is 2.14. The second-order valence-corrected chi connectivity index (χ2v) is 6.00. The molecule has 2 amide bonds. The molecule has 128 valence electrons. The summed E-state index contributed by atoms with van der Waals surface area (Å²) in [5.74, 6) is -0.0563. The lowest BCUT2D eigenvalue weighted by molar-refractivity contribution is -0.130. The Hall–Kier alpha value is -1.88. The molecule has 0 radical (unpaired) electrons. The van der Waals surface area contributed by atoms with E-state index in [0.29, 0.717) is 25.2 Å². The van der Waals surface area contributed by atoms with Crippen molar-refractivity contribution in [2.75, 3.05) is 18.4 Å². The van der Waals surface area contributed by atoms with Crippen LogP contribution in [0.3, 0.4) is 0 Å². The first kappa shape index (κ1) is 19.2. The van der Waals surface area contributed by atoms with Crippen molar-refractivity contribution < 1.29 is 14.7 Å². The van der Waals surface area contributed by atoms with Crippen LogP contribution in [0.1, 0.15) is 39.7 Å². The van der Waals surface area contributed by atoms with Crippen LogP contribution in [0.15, 0.2) is 24.3 Å². The SMILES string of the molecule is CCN(CC)C(=O)Cc1ccc(NC(=O)CC(O)C(C)C)cc1. The monoisotopic (exact) mass is 320 g/mol. The van der Waals surface area contributed by atoms with Crippen LogP contribution < -0.4 is 5.32 Å². The van der Waals surface area contributed by atoms with Gasteiger partial charge in [0.2, 0.25) is 11.8 Å². The summed E-state index contributed by atoms with van der Waals surface area (Å²) in [5, 5.41) is 12.5. The first-order chi connectivity index (χ1) is 10.9. The Kier molecular flexibility index (Phi) is 7.75. The number of hydrogen-bond acceptors (Lipinski definition) is 3. The molecule has 1 aromatic carbocycles. The molecule has 1 aromatic rings. The van der Waals surface area contributed by atoms with Crippen molar-refractivity contribution in [3.63, 3.8) is 0 Å². The van der Waals surface area contributed by atoms with Crippen LogP contribution >= 0.6 is 0 Å². The summed E-state index contributed by atoms with van der Waals surface area (Å²) in [6.45, 7) is 9.10. The highest BCUT2D eigenvalue weighted by Crippen LogP contribution is 2.13. The molecule has 5 nitrogen and oxygen atoms in total. The van der Waals surface area contributed by atoms with Gasteiger partial charge in [-0.1, -0.05) is 26.0 Å². The van der Waals surface area contributed by atoms with Crippen molar-refractivity contribution in [2.24, 2.45) is 5.92 Å². The fourth-order valence-corrected chi connectivity index (χ4v) is 2.21. The summed E-state index contributed by atoms with van der Waals surface area (Å²) in [6, 6.07) is 7.25. The number of aliphatic hydroxyl groups excluding tert-OH is 1. The number of benzene rings is 1. The quantitative estimate of drug-likeness (QED) is 0.773. The maximum absolute atomic E-state index is 12.1. The Morgan fingerprint density at radius 1 is 1.13 bits per heavy atom. The third kappa shape index (κ3) is 6.40. The molecule has 0 heterocycles. The van der Waals surface area contributed by atoms with E-state index >= 15 is 0 Å². The number of nitrogens with zero attached hydrogens (tertiary/aromatic N) is 1. The first-order valence-corrected chi connectivity index (χ1v) is 8.22. The number of aliphatic hydroxyl groups is 1. The van der Waals surface area contributed by atoms with Crippen molar-refractivity contribution >= 4 is 17.5 Å². The fourth-order valence-electron chi connectivity index (χ4n) is 2.21. The highest BCUT2D eigenvalue weighted by molar-refractivity contribution is 5.91. The summed E-state index contributed by atoms with van der Waals surface area (Å²) in [7, 11) is 0. The summed E-state index contributed by atoms with van der Waals surface area (Å²) in [6.07, 6.45) is -0.192. The topological polar surface area (TPSA) is 69.6 Å². The molecule has 23 heavy (non-hydrogen) atoms. The van der Waals surface area contributed by atoms with E-state index in [1.54, 1.807) is 17.0 Å². The predicted octanol–water partition coefficient (Wildman–Crippen LogP) is 2.44. The molecular formula is C18H28N2O3. The Morgan fingerprint density at radius 2 is 1.70 bits per heavy atom. The highest BCUT2D eigenvalue weighted by atomic mass is 16.3. The minimum atomic E-state index is -0.638. The number of likely N-dealkylation sites (N-methyl/N-ethyl adjacent to an activating group) is 1. The minimum absolute atomic E-state index is 0.0502. The lowest BCUT2D eigenvalue weighted by Crippen LogP contribution is -2.31. The van der Waals surface area contributed by atoms with E-state index in [-0.39, 0.29) is 24.2 Å². The number of carbonyl (C=O) groups excluding carboxylic acids is 2. The second kappa shape index (κ2) is 9.30. The minimum Gasteiger partial charge on any atom is -0.392 e. The lowest BCUT2D eigenvalue weighted by atomic mass is 10.0. The van der Waals surface area contributed by atoms with Crippen molar-refractivity contribution in [1.82, 2.24) is 4.90 Å². The van der Waals surface area contributed by atoms with E-state index in [4.69, 9.17) is 0 Å². The van der Waals surface area contributed by atoms with E-state index in [9.17, 15) is 14.7 Å². The number of carbonyl (C=O) groups is 2. The summed E-state index contributed by atoms with van der Waals surface area (Å²) < 4.78 is 0. The van der Waals surface area contributed by atoms with Crippen LogP contribution in [-0.4, -0.2) is 41.0 Å². The Balaban J connectivity index is 2.56. The second-order valence-electron chi connectivity index (χ2n) is 6.00. The number of nitrogens with one attached hydrogen (secondary N) is 1. The third-order valence-corrected chi connectivity index (χ3v) is 3.87. The largest absolute Gasteiger partial charge is 0.392 e. The Labute approximate surface area is 138 Å². The van der Waals surface area contributed by atoms with Gasteiger partial charge in [-0.15, -0.1) is 0 Å². The molecule has 1 atom stereocenters. The average molecular weight is 320 g/mol. The number of hydrogen-bond donors (Lipinski definition) is 2. The van der Waals surface area contributed by atoms with Gasteiger partial charge in [0.05, 0.1) is 18.9 Å². The van der Waals surface area contributed by atoms with E-state index in [2.05, 4.69) is 5.32 Å². The zero-order chi connectivity index (χ0) is 17.4. The molecule has 0 aliphatic carbocycles. The zero-order valence-electron chi connectivity index (χ0n) is 14.5. The molecule has 0 fully saturated rings. The third-order valence-electron chi connectivity index (χ3n) is 3.87. The van der Waals surface area contributed by atoms with Gasteiger partial charge in [0.25, 0.3) is 0 Å². The lowest BCUT2D eigenvalue weighted by Gasteiger charge is -2.18. The molecule has 1 rings (SSSR count). The zero-order valence-corrected chi connectivity index (χ0v) is 14.5. The van der Waals surface area contributed by atoms with Crippen LogP contribution in [0, 0.1) is 5.92 Å². The van der Waals surface area contributed by atoms with Crippen LogP contribution in [0.2, 0.25) is 0 Å². The van der Waals surface area contributed by atoms with E-state index in [1.165, 1.54) is 0 Å². The summed E-state index contributed by atoms with van der Waals surface area (Å²) >= 11 is 0. The van der Waals surface area contributed by atoms with Gasteiger partial charge in [-0.25, -0.2) is 0 Å². The molecule has 5 heteroatoms. The van der Waals surface area contributed by atoms with E-state index in [0.717, 1.165) is 5.56 Å². The van der Waals surface area contributed by atoms with Crippen LogP contribution in [-0.2, 0) is 16.0 Å². The van der Waals surface area contributed by atoms with Gasteiger partial charge < -0.3 is 15.3 Å². The fraction of sp³-hybridized carbons (Fsp3) is 0.556. The average Bonchev–Trinajstić information content (AvgIpc) is 2.50. The molecule has 0 aromatic heterocycles. The van der Waals surface area contributed by atoms with Crippen molar-refractivity contribution in [3.05, 3.63) is 29.8 Å². The normalized spacial score (nSPS) is 12.1. The van der Waals surface area contributed by atoms with Gasteiger partial charge >= 0.3 is 0 Å². The van der Waals surface area contributed by atoms with E-state index in [1.807, 2.05) is 39.8 Å². The summed E-state index contributed by atoms with van der Waals surface area (Å²) in [4.78, 5) is 25.7. The van der Waals surface area contributed by atoms with Crippen molar-refractivity contribution in [1.29, 1.82) is 0 Å². The van der Waals surface area contributed by atoms with Gasteiger partial charge in [0.1, 0.15) is 0 Å². The number of rotatable bonds is 8. The van der Waals surface area contributed by atoms with E-state index < -0.39 is 6.10 Å². The van der Waals surface area contributed by atoms with Crippen molar-refractivity contribution in [2.45, 2.75) is 46.6 Å². The van der Waals surface area contributed by atoms with Crippen LogP contribution in [0.4, 0.5) is 5.69 Å². The van der Waals surface area contributed by atoms with Crippen LogP contribution in [0.25, 0.3) is 0 Å². The molecule has 0 spiro atoms. The number of anilines is 1. The van der Waals surface area contributed by atoms with Gasteiger partial charge in [0.15, 0.2) is 0 Å². The van der Waals surface area contributed by atoms with Crippen molar-refractivity contribution in [3.8, 4) is 0 Å². The van der Waals surface area contributed by atoms with Gasteiger partial charge in [-0.3, -0.25) is 9.59 Å². The maximum Gasteiger partial charge on any atom is 0.226 e. The van der Waals surface area contributed by atoms with Gasteiger partial charge in [-0.2, -0.15) is 0 Å². The molecule has 0 saturated heterocycles. The Morgan fingerprint density at radius 3 is 2.17 bits per heavy atom. The summed E-state index contributed by atoms with van der Waals surface area (Å²) in [5.41, 5.74) is 1.59. The van der Waals surface area contributed by atoms with Gasteiger partial charge in [-0.05, 0) is 37.5 Å². The molecule has 1 unspecified atom stereocenters. The molecule has 0 saturated carbocycles.